The smallest absolute Gasteiger partial charge is 0.548 e. The van der Waals surface area contributed by atoms with Gasteiger partial charge in [0, 0.05) is 0 Å². The first kappa shape index (κ1) is 89.1. The maximum atomic E-state index is 12.1. The second kappa shape index (κ2) is 40.9. The summed E-state index contributed by atoms with van der Waals surface area (Å²) in [6.45, 7) is -17.0. The second-order valence-electron chi connectivity index (χ2n) is 24.5. The predicted octanol–water partition coefficient (Wildman–Crippen LogP) is -18.8. The van der Waals surface area contributed by atoms with Crippen LogP contribution in [0.2, 0.25) is 0 Å². The van der Waals surface area contributed by atoms with Crippen molar-refractivity contribution in [3.8, 4) is 0 Å². The molecule has 21 aliphatic rings. The van der Waals surface area contributed by atoms with Crippen LogP contribution in [0.25, 0.3) is 0 Å². The van der Waals surface area contributed by atoms with Gasteiger partial charge in [-0.05, 0) is 0 Å². The summed E-state index contributed by atoms with van der Waals surface area (Å²) in [5, 5.41) is 233. The Hall–Kier alpha value is -4.11. The van der Waals surface area contributed by atoms with Gasteiger partial charge in [0.1, 0.15) is 211 Å². The first-order valence-electron chi connectivity index (χ1n) is 31.9. The zero-order chi connectivity index (χ0) is 77.0. The molecule has 0 aliphatic carbocycles. The van der Waals surface area contributed by atoms with Crippen molar-refractivity contribution >= 4 is 41.8 Å². The van der Waals surface area contributed by atoms with Crippen LogP contribution < -0.4 is 34.7 Å². The maximum Gasteiger partial charge on any atom is 1.00 e. The Bertz CT molecular complexity index is 2760. The summed E-state index contributed by atoms with van der Waals surface area (Å²) in [5.74, 6) is -12.0. The van der Waals surface area contributed by atoms with E-state index in [1.54, 1.807) is 0 Å². The molecule has 21 fully saturated rings. The number of aliphatic hydroxyl groups is 14. The fourth-order valence-corrected chi connectivity index (χ4v) is 12.5. The van der Waals surface area contributed by atoms with E-state index in [2.05, 4.69) is 0 Å². The molecule has 0 saturated carbocycles. The standard InChI is InChI=1S/C56H84O49.Na/c57-1-15-42-47(89-12-26(69)70)36(82)54(93-15)104-44-17(3-59)95-56(38(84)49(44)91-14-28(73)74)105-45-18(4-60)94-55(37(83)48(45)90-13-27(71)72)103-43-16(2-58)92-53(35(81)46(43)88-11-25(67)68)101-41-21(7-87-10-24(65)66)97-51(33(79)30(41)76)99-39-19(5-85-8-22(61)62)96-50(32(78)29(39)75)100-40-20(6-86-9-23(63)64)98-52(102-42)34(80)31(40)77;/h15-21,29-60,75-84H,1-14H2,(H,61,62)(H,63,64)(H,65,66)(H,67,68)(H,69,70)(H,71,72)(H,73,74);/q;+1/p-1/t15-,16-,17-,18-,19-,20-,21-,29-,30-,31-,32-,33-,34-,35-,36-,37-,38-,39-,40-,41-,42-,43-,44-,45-,46-,47-,48-,49-,50-,51-,52-,53-,54-,55-,56-;/m1./s1. The van der Waals surface area contributed by atoms with Crippen molar-refractivity contribution in [1.82, 2.24) is 0 Å². The number of aliphatic hydroxyl groups excluding tert-OH is 14. The molecule has 0 unspecified atom stereocenters. The topological polar surface area (TPSA) is 741 Å². The van der Waals surface area contributed by atoms with Gasteiger partial charge in [0.05, 0.1) is 58.8 Å². The van der Waals surface area contributed by atoms with Crippen molar-refractivity contribution in [3.05, 3.63) is 0 Å². The second-order valence-corrected chi connectivity index (χ2v) is 24.5. The van der Waals surface area contributed by atoms with Gasteiger partial charge in [-0.25, -0.2) is 28.8 Å². The van der Waals surface area contributed by atoms with Crippen LogP contribution in [0.15, 0.2) is 0 Å². The van der Waals surface area contributed by atoms with Crippen molar-refractivity contribution in [2.45, 2.75) is 215 Å². The van der Waals surface area contributed by atoms with Gasteiger partial charge in [-0.1, -0.05) is 0 Å². The van der Waals surface area contributed by atoms with Crippen LogP contribution in [0, 0.1) is 0 Å². The van der Waals surface area contributed by atoms with Gasteiger partial charge in [-0.15, -0.1) is 0 Å². The molecule has 0 aromatic rings. The van der Waals surface area contributed by atoms with E-state index in [1.807, 2.05) is 0 Å². The van der Waals surface area contributed by atoms with Crippen LogP contribution >= 0.6 is 0 Å². The summed E-state index contributed by atoms with van der Waals surface area (Å²) in [4.78, 5) is 83.4. The largest absolute Gasteiger partial charge is 1.00 e. The van der Waals surface area contributed by atoms with E-state index in [-0.39, 0.29) is 29.6 Å². The van der Waals surface area contributed by atoms with E-state index in [9.17, 15) is 141 Å². The first-order chi connectivity index (χ1) is 49.8. The Morgan fingerprint density at radius 1 is 0.255 bits per heavy atom. The molecule has 21 saturated heterocycles. The number of hydrogen-bond donors (Lipinski definition) is 20. The van der Waals surface area contributed by atoms with E-state index in [4.69, 9.17) is 99.5 Å². The number of ether oxygens (including phenoxy) is 21. The fourth-order valence-electron chi connectivity index (χ4n) is 12.5. The summed E-state index contributed by atoms with van der Waals surface area (Å²) in [5.41, 5.74) is 0. The van der Waals surface area contributed by atoms with Crippen molar-refractivity contribution in [1.29, 1.82) is 0 Å². The van der Waals surface area contributed by atoms with Gasteiger partial charge in [0.25, 0.3) is 0 Å². The van der Waals surface area contributed by atoms with Gasteiger partial charge in [-0.2, -0.15) is 0 Å². The molecule has 0 aromatic carbocycles. The van der Waals surface area contributed by atoms with E-state index in [0.29, 0.717) is 0 Å². The number of rotatable bonds is 28. The average Bonchev–Trinajstić information content (AvgIpc) is 0.776. The molecule has 21 heterocycles. The number of aliphatic carboxylic acids is 7. The van der Waals surface area contributed by atoms with Crippen LogP contribution in [0.4, 0.5) is 0 Å². The number of hydrogen-bond acceptors (Lipinski definition) is 43. The van der Waals surface area contributed by atoms with Gasteiger partial charge in [0.2, 0.25) is 0 Å². The zero-order valence-corrected chi connectivity index (χ0v) is 57.4. The molecule has 50 heteroatoms. The first-order valence-corrected chi connectivity index (χ1v) is 31.9. The van der Waals surface area contributed by atoms with Crippen molar-refractivity contribution in [3.63, 3.8) is 0 Å². The third-order valence-electron chi connectivity index (χ3n) is 17.3. The quantitative estimate of drug-likeness (QED) is 0.0324. The molecule has 21 rings (SSSR count). The molecule has 49 nitrogen and oxygen atoms in total. The summed E-state index contributed by atoms with van der Waals surface area (Å²) in [6, 6.07) is 0. The fraction of sp³-hybridized carbons (Fsp3) is 0.875. The molecule has 0 aromatic heterocycles. The van der Waals surface area contributed by atoms with E-state index >= 15 is 0 Å². The Kier molecular flexibility index (Phi) is 34.4. The molecule has 0 radical (unpaired) electrons. The molecule has 20 N–H and O–H groups in total. The van der Waals surface area contributed by atoms with Gasteiger partial charge in [0.15, 0.2) is 44.0 Å². The SMILES string of the molecule is O=C([O-])CO[C@@H]1[C@@H](O)[C@H]2O[C@H]3[C@H](O)[C@@H](O)[C@@H](O[C@H]4[C@H](O)[C@@H](O)[C@@H](O[C@H]5[C@H](O)[C@@H](O)[C@@H](O[C@H]6[C@H](OCC(=O)O)[C@@H](O)[C@@H](O[C@H]7[C@H](OCC(=O)O)[C@@H](O)[C@@H](O[C@H]8[C@H](OCC(=O)O)[C@@H](O)[C@@H](O[C@@H]1[C@@H](CO)O2)O[C@@H]8CO)O[C@@H]7CO)O[C@@H]6CO)O[C@@H]5COCC(=O)O)O[C@@H]4COCC(=O)O)O[C@@H]3COCC(=O)O.[Na+]. The third-order valence-corrected chi connectivity index (χ3v) is 17.3. The molecule has 14 bridgehead atoms. The van der Waals surface area contributed by atoms with E-state index in [1.165, 1.54) is 0 Å². The van der Waals surface area contributed by atoms with E-state index in [0.717, 1.165) is 0 Å². The minimum Gasteiger partial charge on any atom is -0.548 e. The molecule has 35 atom stereocenters. The Balaban J connectivity index is 0.0000157. The molecule has 0 spiro atoms. The molecule has 21 aliphatic heterocycles. The Labute approximate surface area is 616 Å². The molecular formula is C56H83NaO49. The molecule has 602 valence electrons. The van der Waals surface area contributed by atoms with Crippen molar-refractivity contribution in [2.24, 2.45) is 0 Å². The molecule has 0 amide bonds. The van der Waals surface area contributed by atoms with Crippen LogP contribution in [-0.2, 0) is 133 Å². The number of carboxylic acid groups (broad SMARTS) is 7. The summed E-state index contributed by atoms with van der Waals surface area (Å²) < 4.78 is 121. The van der Waals surface area contributed by atoms with Crippen LogP contribution in [0.1, 0.15) is 0 Å². The van der Waals surface area contributed by atoms with Crippen molar-refractivity contribution < 1.29 is 270 Å². The maximum absolute atomic E-state index is 12.1. The number of carboxylic acids is 7. The molecular weight excluding hydrogens is 1480 g/mol. The number of carbonyl (C=O) groups excluding carboxylic acids is 1. The van der Waals surface area contributed by atoms with Crippen LogP contribution in [-0.4, -0.2) is 451 Å². The van der Waals surface area contributed by atoms with Gasteiger partial charge in [-0.3, -0.25) is 0 Å². The Morgan fingerprint density at radius 2 is 0.443 bits per heavy atom. The summed E-state index contributed by atoms with van der Waals surface area (Å²) >= 11 is 0. The monoisotopic (exact) mass is 1560 g/mol. The predicted molar refractivity (Wildman–Crippen MR) is 305 cm³/mol. The normalized spacial score (nSPS) is 43.1. The molecule has 106 heavy (non-hydrogen) atoms. The Morgan fingerprint density at radius 3 is 0.642 bits per heavy atom. The third kappa shape index (κ3) is 22.2. The van der Waals surface area contributed by atoms with Crippen LogP contribution in [0.5, 0.6) is 0 Å². The van der Waals surface area contributed by atoms with Gasteiger partial charge >= 0.3 is 65.4 Å². The van der Waals surface area contributed by atoms with E-state index < -0.39 is 349 Å². The number of carbonyl (C=O) groups is 7. The average molecular weight is 1560 g/mol. The minimum absolute atomic E-state index is 0. The minimum atomic E-state index is -2.49. The summed E-state index contributed by atoms with van der Waals surface area (Å²) in [6.07, 6.45) is -78.9. The zero-order valence-electron chi connectivity index (χ0n) is 55.4. The van der Waals surface area contributed by atoms with Crippen LogP contribution in [0.3, 0.4) is 0 Å². The van der Waals surface area contributed by atoms with Crippen molar-refractivity contribution in [2.75, 3.05) is 92.5 Å². The van der Waals surface area contributed by atoms with Gasteiger partial charge < -0.3 is 212 Å². The summed E-state index contributed by atoms with van der Waals surface area (Å²) in [7, 11) is 0.